The molecule has 2 heterocycles. The van der Waals surface area contributed by atoms with Crippen LogP contribution in [0.3, 0.4) is 0 Å². The van der Waals surface area contributed by atoms with Gasteiger partial charge in [-0.2, -0.15) is 0 Å². The molecule has 4 nitrogen and oxygen atoms in total. The Bertz CT molecular complexity index is 817. The lowest BCUT2D eigenvalue weighted by atomic mass is 10.0. The number of nitrogens with zero attached hydrogens (tertiary/aromatic N) is 1. The lowest BCUT2D eigenvalue weighted by Gasteiger charge is -2.17. The van der Waals surface area contributed by atoms with Crippen LogP contribution in [0.1, 0.15) is 22.7 Å². The summed E-state index contributed by atoms with van der Waals surface area (Å²) < 4.78 is 6.94. The Balaban J connectivity index is 2.15. The topological polar surface area (TPSA) is 48.3 Å². The summed E-state index contributed by atoms with van der Waals surface area (Å²) in [5.74, 6) is 0.152. The van der Waals surface area contributed by atoms with Crippen LogP contribution in [0.2, 0.25) is 0 Å². The third-order valence-corrected chi connectivity index (χ3v) is 6.18. The highest BCUT2D eigenvalue weighted by atomic mass is 79.9. The highest BCUT2D eigenvalue weighted by molar-refractivity contribution is 9.10. The Kier molecular flexibility index (Phi) is 4.64. The van der Waals surface area contributed by atoms with E-state index < -0.39 is 6.04 Å². The number of ether oxygens (including phenoxy) is 1. The van der Waals surface area contributed by atoms with Gasteiger partial charge in [0.1, 0.15) is 6.04 Å². The number of aromatic nitrogens is 1. The largest absolute Gasteiger partial charge is 0.467 e. The van der Waals surface area contributed by atoms with Crippen LogP contribution in [-0.4, -0.2) is 23.4 Å². The fraction of sp³-hybridized carbons (Fsp3) is 0.294. The first-order valence-corrected chi connectivity index (χ1v) is 9.00. The van der Waals surface area contributed by atoms with Crippen molar-refractivity contribution in [3.63, 3.8) is 0 Å². The summed E-state index contributed by atoms with van der Waals surface area (Å²) in [6.07, 6.45) is 0.724. The Hall–Kier alpha value is -1.53. The van der Waals surface area contributed by atoms with E-state index in [1.54, 1.807) is 16.3 Å². The van der Waals surface area contributed by atoms with Crippen molar-refractivity contribution in [2.45, 2.75) is 24.4 Å². The van der Waals surface area contributed by atoms with Crippen LogP contribution in [-0.2, 0) is 16.0 Å². The standard InChI is InChI=1S/C17H16BrNO3S/c1-10-12(8-11-6-4-3-5-7-11)16-19(15(20)14(10)18)13(9-23-16)17(21)22-2/h3-7,13H,8-9H2,1-2H3. The molecular formula is C17H16BrNO3S. The highest BCUT2D eigenvalue weighted by Crippen LogP contribution is 2.38. The SMILES string of the molecule is COC(=O)C1CSc2c(Cc3ccccc3)c(C)c(Br)c(=O)n21. The minimum atomic E-state index is -0.557. The van der Waals surface area contributed by atoms with Crippen LogP contribution >= 0.6 is 27.7 Å². The maximum absolute atomic E-state index is 12.6. The number of carbonyl (C=O) groups is 1. The van der Waals surface area contributed by atoms with Crippen molar-refractivity contribution in [2.75, 3.05) is 12.9 Å². The fourth-order valence-electron chi connectivity index (χ4n) is 2.79. The molecular weight excluding hydrogens is 378 g/mol. The Morgan fingerprint density at radius 3 is 2.74 bits per heavy atom. The summed E-state index contributed by atoms with van der Waals surface area (Å²) in [5, 5.41) is 0.870. The number of methoxy groups -OCH3 is 1. The van der Waals surface area contributed by atoms with E-state index in [1.165, 1.54) is 12.7 Å². The predicted octanol–water partition coefficient (Wildman–Crippen LogP) is 3.33. The first-order valence-electron chi connectivity index (χ1n) is 7.22. The van der Waals surface area contributed by atoms with Gasteiger partial charge in [0.15, 0.2) is 0 Å². The molecule has 1 aliphatic rings. The van der Waals surface area contributed by atoms with E-state index in [9.17, 15) is 9.59 Å². The molecule has 0 radical (unpaired) electrons. The molecule has 1 atom stereocenters. The lowest BCUT2D eigenvalue weighted by molar-refractivity contribution is -0.143. The molecule has 0 saturated heterocycles. The van der Waals surface area contributed by atoms with Gasteiger partial charge in [-0.3, -0.25) is 9.36 Å². The molecule has 0 amide bonds. The molecule has 0 spiro atoms. The van der Waals surface area contributed by atoms with Gasteiger partial charge >= 0.3 is 5.97 Å². The number of esters is 1. The molecule has 6 heteroatoms. The maximum Gasteiger partial charge on any atom is 0.329 e. The number of rotatable bonds is 3. The summed E-state index contributed by atoms with van der Waals surface area (Å²) in [6, 6.07) is 9.55. The third-order valence-electron chi connectivity index (χ3n) is 4.05. The maximum atomic E-state index is 12.6. The van der Waals surface area contributed by atoms with E-state index in [4.69, 9.17) is 4.74 Å². The minimum absolute atomic E-state index is 0.172. The fourth-order valence-corrected chi connectivity index (χ4v) is 4.57. The van der Waals surface area contributed by atoms with Crippen molar-refractivity contribution in [3.8, 4) is 0 Å². The molecule has 0 saturated carbocycles. The third kappa shape index (κ3) is 2.85. The van der Waals surface area contributed by atoms with E-state index >= 15 is 0 Å². The number of pyridine rings is 1. The van der Waals surface area contributed by atoms with E-state index in [2.05, 4.69) is 28.1 Å². The summed E-state index contributed by atoms with van der Waals surface area (Å²) in [7, 11) is 1.35. The number of hydrogen-bond acceptors (Lipinski definition) is 4. The van der Waals surface area contributed by atoms with Crippen LogP contribution in [0.25, 0.3) is 0 Å². The molecule has 1 aromatic heterocycles. The lowest BCUT2D eigenvalue weighted by Crippen LogP contribution is -2.31. The smallest absolute Gasteiger partial charge is 0.329 e. The summed E-state index contributed by atoms with van der Waals surface area (Å²) in [5.41, 5.74) is 3.02. The van der Waals surface area contributed by atoms with Crippen molar-refractivity contribution in [1.29, 1.82) is 0 Å². The van der Waals surface area contributed by atoms with E-state index in [0.717, 1.165) is 22.6 Å². The highest BCUT2D eigenvalue weighted by Gasteiger charge is 2.34. The second kappa shape index (κ2) is 6.53. The molecule has 3 rings (SSSR count). The Morgan fingerprint density at radius 1 is 1.39 bits per heavy atom. The van der Waals surface area contributed by atoms with Gasteiger partial charge in [-0.15, -0.1) is 11.8 Å². The molecule has 23 heavy (non-hydrogen) atoms. The van der Waals surface area contributed by atoms with Gasteiger partial charge in [-0.1, -0.05) is 30.3 Å². The number of thioether (sulfide) groups is 1. The molecule has 0 bridgehead atoms. The quantitative estimate of drug-likeness (QED) is 0.750. The van der Waals surface area contributed by atoms with Crippen LogP contribution in [0.15, 0.2) is 44.6 Å². The monoisotopic (exact) mass is 393 g/mol. The second-order valence-corrected chi connectivity index (χ2v) is 7.21. The predicted molar refractivity (Wildman–Crippen MR) is 94.2 cm³/mol. The van der Waals surface area contributed by atoms with Gasteiger partial charge < -0.3 is 4.74 Å². The number of fused-ring (bicyclic) bond motifs is 1. The van der Waals surface area contributed by atoms with Crippen molar-refractivity contribution in [1.82, 2.24) is 4.57 Å². The summed E-state index contributed by atoms with van der Waals surface area (Å²) in [6.45, 7) is 1.94. The average molecular weight is 394 g/mol. The Morgan fingerprint density at radius 2 is 2.09 bits per heavy atom. The zero-order valence-corrected chi connectivity index (χ0v) is 15.2. The van der Waals surface area contributed by atoms with Crippen LogP contribution in [0.5, 0.6) is 0 Å². The molecule has 2 aromatic rings. The molecule has 1 aromatic carbocycles. The van der Waals surface area contributed by atoms with Gasteiger partial charge in [0.2, 0.25) is 0 Å². The van der Waals surface area contributed by atoms with Gasteiger partial charge in [0.05, 0.1) is 16.6 Å². The molecule has 120 valence electrons. The Labute approximate surface area is 147 Å². The number of hydrogen-bond donors (Lipinski definition) is 0. The molecule has 0 aliphatic carbocycles. The molecule has 1 aliphatic heterocycles. The van der Waals surface area contributed by atoms with Crippen molar-refractivity contribution in [3.05, 3.63) is 61.8 Å². The first kappa shape index (κ1) is 16.3. The molecule has 0 fully saturated rings. The van der Waals surface area contributed by atoms with Crippen molar-refractivity contribution < 1.29 is 9.53 Å². The van der Waals surface area contributed by atoms with E-state index in [0.29, 0.717) is 10.2 Å². The van der Waals surface area contributed by atoms with Gasteiger partial charge in [0, 0.05) is 12.2 Å². The second-order valence-electron chi connectivity index (χ2n) is 5.41. The summed E-state index contributed by atoms with van der Waals surface area (Å²) >= 11 is 4.94. The van der Waals surface area contributed by atoms with Gasteiger partial charge in [-0.05, 0) is 39.5 Å². The zero-order valence-electron chi connectivity index (χ0n) is 12.8. The van der Waals surface area contributed by atoms with Crippen LogP contribution in [0.4, 0.5) is 0 Å². The molecule has 1 unspecified atom stereocenters. The van der Waals surface area contributed by atoms with Crippen molar-refractivity contribution in [2.24, 2.45) is 0 Å². The van der Waals surface area contributed by atoms with Crippen LogP contribution in [0, 0.1) is 6.92 Å². The first-order chi connectivity index (χ1) is 11.0. The number of halogens is 1. The number of benzene rings is 1. The average Bonchev–Trinajstić information content (AvgIpc) is 3.02. The minimum Gasteiger partial charge on any atom is -0.467 e. The zero-order chi connectivity index (χ0) is 16.6. The van der Waals surface area contributed by atoms with Crippen molar-refractivity contribution >= 4 is 33.7 Å². The summed E-state index contributed by atoms with van der Waals surface area (Å²) in [4.78, 5) is 24.6. The number of carbonyl (C=O) groups excluding carboxylic acids is 1. The van der Waals surface area contributed by atoms with Crippen LogP contribution < -0.4 is 5.56 Å². The van der Waals surface area contributed by atoms with Gasteiger partial charge in [0.25, 0.3) is 5.56 Å². The van der Waals surface area contributed by atoms with Gasteiger partial charge in [-0.25, -0.2) is 4.79 Å². The normalized spacial score (nSPS) is 16.2. The molecule has 0 N–H and O–H groups in total. The van der Waals surface area contributed by atoms with E-state index in [-0.39, 0.29) is 11.5 Å². The van der Waals surface area contributed by atoms with E-state index in [1.807, 2.05) is 25.1 Å².